The Balaban J connectivity index is 2.29. The third kappa shape index (κ3) is 2.56. The summed E-state index contributed by atoms with van der Waals surface area (Å²) in [6.07, 6.45) is 0.766. The second kappa shape index (κ2) is 5.53. The largest absolute Gasteiger partial charge is 0.296 e. The lowest BCUT2D eigenvalue weighted by Gasteiger charge is -2.11. The van der Waals surface area contributed by atoms with E-state index in [1.807, 2.05) is 0 Å². The molecule has 3 rings (SSSR count). The van der Waals surface area contributed by atoms with Gasteiger partial charge in [0.25, 0.3) is 0 Å². The Morgan fingerprint density at radius 1 is 1.00 bits per heavy atom. The molecule has 0 aliphatic rings. The molecule has 2 aromatic carbocycles. The Morgan fingerprint density at radius 3 is 2.52 bits per heavy atom. The van der Waals surface area contributed by atoms with E-state index in [1.54, 1.807) is 0 Å². The zero-order valence-corrected chi connectivity index (χ0v) is 13.4. The van der Waals surface area contributed by atoms with Gasteiger partial charge in [-0.05, 0) is 61.7 Å². The van der Waals surface area contributed by atoms with Gasteiger partial charge in [0.15, 0.2) is 0 Å². The summed E-state index contributed by atoms with van der Waals surface area (Å²) < 4.78 is 2.23. The lowest BCUT2D eigenvalue weighted by atomic mass is 10.1. The summed E-state index contributed by atoms with van der Waals surface area (Å²) in [6, 6.07) is 12.9. The number of halogens is 1. The van der Waals surface area contributed by atoms with Gasteiger partial charge >= 0.3 is 0 Å². The summed E-state index contributed by atoms with van der Waals surface area (Å²) >= 11 is 5.96. The third-order valence-electron chi connectivity index (χ3n) is 3.95. The Kier molecular flexibility index (Phi) is 3.73. The number of rotatable bonds is 3. The maximum atomic E-state index is 5.96. The quantitative estimate of drug-likeness (QED) is 0.639. The van der Waals surface area contributed by atoms with Crippen LogP contribution in [0.25, 0.3) is 16.7 Å². The summed E-state index contributed by atoms with van der Waals surface area (Å²) in [5.74, 6) is 1.60. The molecule has 0 unspecified atom stereocenters. The smallest absolute Gasteiger partial charge is 0.115 e. The monoisotopic (exact) mass is 298 g/mol. The van der Waals surface area contributed by atoms with Gasteiger partial charge in [-0.2, -0.15) is 0 Å². The molecule has 108 valence electrons. The van der Waals surface area contributed by atoms with Crippen molar-refractivity contribution in [3.63, 3.8) is 0 Å². The topological polar surface area (TPSA) is 17.8 Å². The summed E-state index contributed by atoms with van der Waals surface area (Å²) in [7, 11) is 0. The normalized spacial score (nSPS) is 11.2. The van der Waals surface area contributed by atoms with Gasteiger partial charge in [0, 0.05) is 18.0 Å². The molecule has 0 saturated heterocycles. The Labute approximate surface area is 130 Å². The van der Waals surface area contributed by atoms with Gasteiger partial charge in [-0.15, -0.1) is 11.6 Å². The predicted molar refractivity (Wildman–Crippen MR) is 89.7 cm³/mol. The molecule has 21 heavy (non-hydrogen) atoms. The number of nitrogens with zero attached hydrogens (tertiary/aromatic N) is 2. The van der Waals surface area contributed by atoms with E-state index in [1.165, 1.54) is 16.7 Å². The van der Waals surface area contributed by atoms with Crippen LogP contribution < -0.4 is 0 Å². The van der Waals surface area contributed by atoms with E-state index in [-0.39, 0.29) is 0 Å². The molecule has 0 amide bonds. The van der Waals surface area contributed by atoms with Crippen molar-refractivity contribution in [1.82, 2.24) is 9.55 Å². The van der Waals surface area contributed by atoms with Crippen molar-refractivity contribution in [2.45, 2.75) is 27.2 Å². The van der Waals surface area contributed by atoms with Crippen LogP contribution in [0.1, 0.15) is 22.5 Å². The van der Waals surface area contributed by atoms with Crippen molar-refractivity contribution in [1.29, 1.82) is 0 Å². The van der Waals surface area contributed by atoms with Crippen molar-refractivity contribution in [2.75, 3.05) is 5.88 Å². The number of hydrogen-bond acceptors (Lipinski definition) is 1. The Hall–Kier alpha value is -1.80. The molecule has 1 aromatic heterocycles. The van der Waals surface area contributed by atoms with E-state index in [0.29, 0.717) is 5.88 Å². The Morgan fingerprint density at radius 2 is 1.81 bits per heavy atom. The van der Waals surface area contributed by atoms with Crippen LogP contribution in [0.2, 0.25) is 0 Å². The SMILES string of the molecule is Cc1ccc2nc(CCCl)n(-c3ccc(C)c(C)c3)c2c1. The summed E-state index contributed by atoms with van der Waals surface area (Å²) in [5.41, 5.74) is 7.17. The molecular weight excluding hydrogens is 280 g/mol. The standard InChI is InChI=1S/C18H19ClN2/c1-12-4-7-16-17(10-12)21(18(20-16)8-9-19)15-6-5-13(2)14(3)11-15/h4-7,10-11H,8-9H2,1-3H3. The number of hydrogen-bond donors (Lipinski definition) is 0. The molecule has 0 bridgehead atoms. The summed E-state index contributed by atoms with van der Waals surface area (Å²) in [4.78, 5) is 4.75. The van der Waals surface area contributed by atoms with E-state index in [0.717, 1.165) is 29.0 Å². The van der Waals surface area contributed by atoms with Gasteiger partial charge in [-0.1, -0.05) is 12.1 Å². The number of imidazole rings is 1. The minimum atomic E-state index is 0.577. The van der Waals surface area contributed by atoms with Crippen LogP contribution in [-0.2, 0) is 6.42 Å². The average molecular weight is 299 g/mol. The maximum Gasteiger partial charge on any atom is 0.115 e. The molecule has 0 spiro atoms. The number of fused-ring (bicyclic) bond motifs is 1. The molecular formula is C18H19ClN2. The van der Waals surface area contributed by atoms with Crippen LogP contribution >= 0.6 is 11.6 Å². The molecule has 0 N–H and O–H groups in total. The fraction of sp³-hybridized carbons (Fsp3) is 0.278. The van der Waals surface area contributed by atoms with Crippen molar-refractivity contribution in [3.8, 4) is 5.69 Å². The molecule has 0 aliphatic heterocycles. The average Bonchev–Trinajstić information content (AvgIpc) is 2.80. The van der Waals surface area contributed by atoms with Crippen LogP contribution in [0.3, 0.4) is 0 Å². The highest BCUT2D eigenvalue weighted by molar-refractivity contribution is 6.17. The lowest BCUT2D eigenvalue weighted by Crippen LogP contribution is -2.03. The van der Waals surface area contributed by atoms with E-state index >= 15 is 0 Å². The molecule has 2 nitrogen and oxygen atoms in total. The molecule has 0 saturated carbocycles. The van der Waals surface area contributed by atoms with Gasteiger partial charge in [0.1, 0.15) is 5.82 Å². The van der Waals surface area contributed by atoms with Crippen molar-refractivity contribution in [2.24, 2.45) is 0 Å². The first kappa shape index (κ1) is 14.2. The second-order valence-electron chi connectivity index (χ2n) is 5.56. The first-order valence-corrected chi connectivity index (χ1v) is 7.75. The highest BCUT2D eigenvalue weighted by Crippen LogP contribution is 2.24. The minimum Gasteiger partial charge on any atom is -0.296 e. The summed E-state index contributed by atoms with van der Waals surface area (Å²) in [5, 5.41) is 0. The van der Waals surface area contributed by atoms with E-state index < -0.39 is 0 Å². The third-order valence-corrected chi connectivity index (χ3v) is 4.14. The molecule has 0 aliphatic carbocycles. The van der Waals surface area contributed by atoms with Crippen LogP contribution in [0, 0.1) is 20.8 Å². The maximum absolute atomic E-state index is 5.96. The number of alkyl halides is 1. The predicted octanol–water partition coefficient (Wildman–Crippen LogP) is 4.73. The van der Waals surface area contributed by atoms with Gasteiger partial charge in [-0.25, -0.2) is 4.98 Å². The van der Waals surface area contributed by atoms with E-state index in [9.17, 15) is 0 Å². The minimum absolute atomic E-state index is 0.577. The van der Waals surface area contributed by atoms with E-state index in [2.05, 4.69) is 61.7 Å². The fourth-order valence-corrected chi connectivity index (χ4v) is 2.81. The molecule has 3 aromatic rings. The van der Waals surface area contributed by atoms with Crippen LogP contribution in [0.15, 0.2) is 36.4 Å². The Bertz CT molecular complexity index is 802. The van der Waals surface area contributed by atoms with E-state index in [4.69, 9.17) is 16.6 Å². The number of aromatic nitrogens is 2. The number of benzene rings is 2. The summed E-state index contributed by atoms with van der Waals surface area (Å²) in [6.45, 7) is 6.39. The first-order valence-electron chi connectivity index (χ1n) is 7.21. The lowest BCUT2D eigenvalue weighted by molar-refractivity contribution is 0.910. The highest BCUT2D eigenvalue weighted by atomic mass is 35.5. The molecule has 0 atom stereocenters. The molecule has 0 radical (unpaired) electrons. The van der Waals surface area contributed by atoms with Crippen LogP contribution in [0.5, 0.6) is 0 Å². The fourth-order valence-electron chi connectivity index (χ4n) is 2.64. The van der Waals surface area contributed by atoms with Crippen molar-refractivity contribution in [3.05, 3.63) is 58.9 Å². The van der Waals surface area contributed by atoms with Gasteiger partial charge in [0.05, 0.1) is 11.0 Å². The number of aryl methyl sites for hydroxylation is 4. The molecule has 1 heterocycles. The second-order valence-corrected chi connectivity index (χ2v) is 5.94. The zero-order valence-electron chi connectivity index (χ0n) is 12.7. The van der Waals surface area contributed by atoms with Crippen molar-refractivity contribution < 1.29 is 0 Å². The van der Waals surface area contributed by atoms with Crippen molar-refractivity contribution >= 4 is 22.6 Å². The van der Waals surface area contributed by atoms with Gasteiger partial charge in [0.2, 0.25) is 0 Å². The van der Waals surface area contributed by atoms with Gasteiger partial charge in [-0.3, -0.25) is 4.57 Å². The van der Waals surface area contributed by atoms with Crippen LogP contribution in [0.4, 0.5) is 0 Å². The highest BCUT2D eigenvalue weighted by Gasteiger charge is 2.12. The molecule has 0 fully saturated rings. The van der Waals surface area contributed by atoms with Gasteiger partial charge < -0.3 is 0 Å². The first-order chi connectivity index (χ1) is 10.1. The van der Waals surface area contributed by atoms with Crippen LogP contribution in [-0.4, -0.2) is 15.4 Å². The molecule has 3 heteroatoms. The zero-order chi connectivity index (χ0) is 15.0.